The van der Waals surface area contributed by atoms with Crippen LogP contribution in [0.3, 0.4) is 0 Å². The van der Waals surface area contributed by atoms with Gasteiger partial charge >= 0.3 is 0 Å². The van der Waals surface area contributed by atoms with Crippen molar-refractivity contribution in [3.8, 4) is 11.5 Å². The van der Waals surface area contributed by atoms with Crippen molar-refractivity contribution in [2.75, 3.05) is 14.2 Å². The summed E-state index contributed by atoms with van der Waals surface area (Å²) >= 11 is 0. The first-order chi connectivity index (χ1) is 9.76. The number of benzene rings is 1. The van der Waals surface area contributed by atoms with E-state index in [1.165, 1.54) is 0 Å². The van der Waals surface area contributed by atoms with Crippen LogP contribution in [-0.2, 0) is 6.54 Å². The number of nitrogens with one attached hydrogen (secondary N) is 1. The van der Waals surface area contributed by atoms with Gasteiger partial charge in [-0.25, -0.2) is 10.4 Å². The third-order valence-corrected chi connectivity index (χ3v) is 3.26. The molecule has 2 aromatic rings. The van der Waals surface area contributed by atoms with Gasteiger partial charge in [-0.15, -0.1) is 0 Å². The maximum Gasteiger partial charge on any atom is 0.165 e. The molecular formula is C14H20N4O2. The lowest BCUT2D eigenvalue weighted by Crippen LogP contribution is -2.31. The standard InChI is InChI=1S/C14H20N4O2/c1-4-18-9-8-16-14(18)12(17-15)10-6-5-7-11(19-2)13(10)20-3/h5-9,12,17H,4,15H2,1-3H3. The summed E-state index contributed by atoms with van der Waals surface area (Å²) in [6.45, 7) is 2.88. The topological polar surface area (TPSA) is 74.3 Å². The van der Waals surface area contributed by atoms with E-state index in [4.69, 9.17) is 15.3 Å². The summed E-state index contributed by atoms with van der Waals surface area (Å²) < 4.78 is 12.8. The smallest absolute Gasteiger partial charge is 0.165 e. The van der Waals surface area contributed by atoms with Crippen LogP contribution in [0.1, 0.15) is 24.4 Å². The van der Waals surface area contributed by atoms with Crippen molar-refractivity contribution in [3.63, 3.8) is 0 Å². The summed E-state index contributed by atoms with van der Waals surface area (Å²) in [5.74, 6) is 7.89. The fourth-order valence-corrected chi connectivity index (χ4v) is 2.29. The molecular weight excluding hydrogens is 256 g/mol. The molecule has 3 N–H and O–H groups in total. The Labute approximate surface area is 118 Å². The number of hydrazine groups is 1. The Morgan fingerprint density at radius 2 is 2.15 bits per heavy atom. The number of aryl methyl sites for hydroxylation is 1. The molecule has 20 heavy (non-hydrogen) atoms. The van der Waals surface area contributed by atoms with Gasteiger partial charge in [0.05, 0.1) is 14.2 Å². The number of imidazole rings is 1. The minimum atomic E-state index is -0.269. The number of methoxy groups -OCH3 is 2. The van der Waals surface area contributed by atoms with Crippen molar-refractivity contribution in [2.24, 2.45) is 5.84 Å². The van der Waals surface area contributed by atoms with Gasteiger partial charge in [-0.3, -0.25) is 5.84 Å². The second-order valence-corrected chi connectivity index (χ2v) is 4.25. The van der Waals surface area contributed by atoms with Crippen LogP contribution >= 0.6 is 0 Å². The van der Waals surface area contributed by atoms with E-state index in [9.17, 15) is 0 Å². The highest BCUT2D eigenvalue weighted by Crippen LogP contribution is 2.36. The van der Waals surface area contributed by atoms with E-state index in [0.29, 0.717) is 11.5 Å². The van der Waals surface area contributed by atoms with Crippen LogP contribution in [0, 0.1) is 0 Å². The molecule has 108 valence electrons. The van der Waals surface area contributed by atoms with Gasteiger partial charge in [0.2, 0.25) is 0 Å². The number of nitrogens with two attached hydrogens (primary N) is 1. The van der Waals surface area contributed by atoms with E-state index < -0.39 is 0 Å². The predicted molar refractivity (Wildman–Crippen MR) is 76.6 cm³/mol. The van der Waals surface area contributed by atoms with Crippen molar-refractivity contribution in [1.82, 2.24) is 15.0 Å². The molecule has 0 amide bonds. The van der Waals surface area contributed by atoms with Crippen LogP contribution in [0.2, 0.25) is 0 Å². The number of para-hydroxylation sites is 1. The molecule has 0 aliphatic rings. The van der Waals surface area contributed by atoms with Crippen LogP contribution in [0.5, 0.6) is 11.5 Å². The van der Waals surface area contributed by atoms with Gasteiger partial charge in [0.15, 0.2) is 11.5 Å². The summed E-state index contributed by atoms with van der Waals surface area (Å²) in [5, 5.41) is 0. The summed E-state index contributed by atoms with van der Waals surface area (Å²) in [6, 6.07) is 5.43. The molecule has 2 rings (SSSR count). The van der Waals surface area contributed by atoms with E-state index >= 15 is 0 Å². The van der Waals surface area contributed by atoms with Crippen molar-refractivity contribution in [1.29, 1.82) is 0 Å². The molecule has 1 unspecified atom stereocenters. The van der Waals surface area contributed by atoms with Gasteiger partial charge in [0.1, 0.15) is 11.9 Å². The van der Waals surface area contributed by atoms with Crippen LogP contribution in [-0.4, -0.2) is 23.8 Å². The van der Waals surface area contributed by atoms with E-state index in [1.807, 2.05) is 29.0 Å². The van der Waals surface area contributed by atoms with E-state index in [0.717, 1.165) is 17.9 Å². The molecule has 0 saturated heterocycles. The molecule has 0 spiro atoms. The maximum atomic E-state index is 5.74. The number of ether oxygens (including phenoxy) is 2. The summed E-state index contributed by atoms with van der Waals surface area (Å²) in [6.07, 6.45) is 3.68. The average molecular weight is 276 g/mol. The number of hydrogen-bond donors (Lipinski definition) is 2. The van der Waals surface area contributed by atoms with Crippen molar-refractivity contribution < 1.29 is 9.47 Å². The monoisotopic (exact) mass is 276 g/mol. The SMILES string of the molecule is CCn1ccnc1C(NN)c1cccc(OC)c1OC. The zero-order chi connectivity index (χ0) is 14.5. The molecule has 1 aromatic heterocycles. The number of aromatic nitrogens is 2. The molecule has 0 bridgehead atoms. The fraction of sp³-hybridized carbons (Fsp3) is 0.357. The first-order valence-corrected chi connectivity index (χ1v) is 6.44. The van der Waals surface area contributed by atoms with Gasteiger partial charge in [-0.05, 0) is 13.0 Å². The Kier molecular flexibility index (Phi) is 4.60. The maximum absolute atomic E-state index is 5.74. The normalized spacial score (nSPS) is 12.2. The largest absolute Gasteiger partial charge is 0.493 e. The summed E-state index contributed by atoms with van der Waals surface area (Å²) in [5.41, 5.74) is 3.69. The highest BCUT2D eigenvalue weighted by atomic mass is 16.5. The number of nitrogens with zero attached hydrogens (tertiary/aromatic N) is 2. The van der Waals surface area contributed by atoms with Crippen LogP contribution in [0.4, 0.5) is 0 Å². The third-order valence-electron chi connectivity index (χ3n) is 3.26. The Bertz CT molecular complexity index is 568. The lowest BCUT2D eigenvalue weighted by atomic mass is 10.0. The molecule has 0 saturated carbocycles. The Morgan fingerprint density at radius 1 is 1.35 bits per heavy atom. The highest BCUT2D eigenvalue weighted by Gasteiger charge is 2.23. The van der Waals surface area contributed by atoms with Crippen LogP contribution in [0.25, 0.3) is 0 Å². The second-order valence-electron chi connectivity index (χ2n) is 4.25. The molecule has 0 fully saturated rings. The minimum absolute atomic E-state index is 0.269. The molecule has 0 aliphatic carbocycles. The molecule has 6 heteroatoms. The first-order valence-electron chi connectivity index (χ1n) is 6.44. The van der Waals surface area contributed by atoms with Crippen molar-refractivity contribution >= 4 is 0 Å². The minimum Gasteiger partial charge on any atom is -0.493 e. The van der Waals surface area contributed by atoms with Gasteiger partial charge < -0.3 is 14.0 Å². The molecule has 6 nitrogen and oxygen atoms in total. The van der Waals surface area contributed by atoms with Crippen LogP contribution < -0.4 is 20.7 Å². The number of rotatable bonds is 6. The Morgan fingerprint density at radius 3 is 2.75 bits per heavy atom. The van der Waals surface area contributed by atoms with E-state index in [1.54, 1.807) is 20.4 Å². The predicted octanol–water partition coefficient (Wildman–Crippen LogP) is 1.47. The summed E-state index contributed by atoms with van der Waals surface area (Å²) in [4.78, 5) is 4.39. The lowest BCUT2D eigenvalue weighted by molar-refractivity contribution is 0.348. The Balaban J connectivity index is 2.52. The second kappa shape index (κ2) is 6.40. The first kappa shape index (κ1) is 14.4. The quantitative estimate of drug-likeness (QED) is 0.617. The molecule has 1 atom stereocenters. The third kappa shape index (κ3) is 2.48. The van der Waals surface area contributed by atoms with Crippen molar-refractivity contribution in [2.45, 2.75) is 19.5 Å². The zero-order valence-electron chi connectivity index (χ0n) is 12.0. The molecule has 0 aliphatic heterocycles. The molecule has 1 aromatic carbocycles. The van der Waals surface area contributed by atoms with Crippen LogP contribution in [0.15, 0.2) is 30.6 Å². The van der Waals surface area contributed by atoms with E-state index in [2.05, 4.69) is 17.3 Å². The highest BCUT2D eigenvalue weighted by molar-refractivity contribution is 5.49. The van der Waals surface area contributed by atoms with Gasteiger partial charge in [0, 0.05) is 24.5 Å². The van der Waals surface area contributed by atoms with E-state index in [-0.39, 0.29) is 6.04 Å². The average Bonchev–Trinajstić information content (AvgIpc) is 2.96. The van der Waals surface area contributed by atoms with Gasteiger partial charge in [0.25, 0.3) is 0 Å². The molecule has 1 heterocycles. The fourth-order valence-electron chi connectivity index (χ4n) is 2.29. The summed E-state index contributed by atoms with van der Waals surface area (Å²) in [7, 11) is 3.22. The Hall–Kier alpha value is -2.05. The number of hydrogen-bond acceptors (Lipinski definition) is 5. The lowest BCUT2D eigenvalue weighted by Gasteiger charge is -2.21. The van der Waals surface area contributed by atoms with Gasteiger partial charge in [-0.1, -0.05) is 12.1 Å². The molecule has 0 radical (unpaired) electrons. The van der Waals surface area contributed by atoms with Crippen molar-refractivity contribution in [3.05, 3.63) is 42.0 Å². The zero-order valence-corrected chi connectivity index (χ0v) is 12.0. The van der Waals surface area contributed by atoms with Gasteiger partial charge in [-0.2, -0.15) is 0 Å².